The van der Waals surface area contributed by atoms with Crippen LogP contribution in [0.25, 0.3) is 22.5 Å². The van der Waals surface area contributed by atoms with Crippen LogP contribution >= 0.6 is 23.1 Å². The van der Waals surface area contributed by atoms with Gasteiger partial charge in [0.1, 0.15) is 10.6 Å². The summed E-state index contributed by atoms with van der Waals surface area (Å²) in [4.78, 5) is 25.8. The number of anilines is 1. The Labute approximate surface area is 234 Å². The number of rotatable bonds is 12. The number of thiophene rings is 1. The molecule has 11 heteroatoms. The molecule has 0 atom stereocenters. The predicted molar refractivity (Wildman–Crippen MR) is 154 cm³/mol. The Morgan fingerprint density at radius 2 is 1.85 bits per heavy atom. The Morgan fingerprint density at radius 3 is 2.54 bits per heavy atom. The average Bonchev–Trinajstić information content (AvgIpc) is 3.56. The molecule has 2 heterocycles. The number of carbonyl (C=O) groups is 2. The third-order valence-electron chi connectivity index (χ3n) is 5.61. The molecule has 0 aliphatic heterocycles. The van der Waals surface area contributed by atoms with E-state index in [1.54, 1.807) is 33.3 Å². The molecule has 0 fully saturated rings. The molecule has 39 heavy (non-hydrogen) atoms. The number of esters is 1. The highest BCUT2D eigenvalue weighted by Gasteiger charge is 2.23. The van der Waals surface area contributed by atoms with Gasteiger partial charge < -0.3 is 19.5 Å². The van der Waals surface area contributed by atoms with E-state index >= 15 is 0 Å². The topological polar surface area (TPSA) is 105 Å². The lowest BCUT2D eigenvalue weighted by molar-refractivity contribution is -0.113. The minimum atomic E-state index is -0.481. The van der Waals surface area contributed by atoms with E-state index < -0.39 is 5.97 Å². The highest BCUT2D eigenvalue weighted by Crippen LogP contribution is 2.37. The van der Waals surface area contributed by atoms with Crippen LogP contribution in [-0.4, -0.2) is 53.2 Å². The average molecular weight is 565 g/mol. The monoisotopic (exact) mass is 564 g/mol. The summed E-state index contributed by atoms with van der Waals surface area (Å²) in [6.07, 6.45) is 1.74. The number of hydrogen-bond donors (Lipinski definition) is 1. The maximum absolute atomic E-state index is 13.0. The van der Waals surface area contributed by atoms with E-state index in [1.165, 1.54) is 23.1 Å². The number of nitrogens with one attached hydrogen (secondary N) is 1. The van der Waals surface area contributed by atoms with Gasteiger partial charge in [0.2, 0.25) is 5.91 Å². The maximum atomic E-state index is 13.0. The van der Waals surface area contributed by atoms with Crippen molar-refractivity contribution in [1.82, 2.24) is 14.8 Å². The van der Waals surface area contributed by atoms with Crippen LogP contribution in [0.2, 0.25) is 0 Å². The zero-order valence-electron chi connectivity index (χ0n) is 21.8. The third-order valence-corrected chi connectivity index (χ3v) is 7.47. The molecule has 4 aromatic rings. The lowest BCUT2D eigenvalue weighted by Gasteiger charge is -2.11. The van der Waals surface area contributed by atoms with Gasteiger partial charge in [-0.05, 0) is 30.7 Å². The van der Waals surface area contributed by atoms with Crippen LogP contribution in [0.5, 0.6) is 11.5 Å². The van der Waals surface area contributed by atoms with Gasteiger partial charge >= 0.3 is 5.97 Å². The number of allylic oxidation sites excluding steroid dienone is 1. The van der Waals surface area contributed by atoms with Crippen molar-refractivity contribution in [3.8, 4) is 34.0 Å². The molecular weight excluding hydrogens is 536 g/mol. The molecule has 0 aliphatic rings. The van der Waals surface area contributed by atoms with Crippen molar-refractivity contribution in [1.29, 1.82) is 0 Å². The molecule has 0 aliphatic carbocycles. The van der Waals surface area contributed by atoms with Crippen LogP contribution in [0.4, 0.5) is 5.00 Å². The number of methoxy groups -OCH3 is 2. The van der Waals surface area contributed by atoms with E-state index in [-0.39, 0.29) is 18.3 Å². The fourth-order valence-electron chi connectivity index (χ4n) is 3.86. The molecule has 0 saturated carbocycles. The fourth-order valence-corrected chi connectivity index (χ4v) is 5.58. The zero-order valence-corrected chi connectivity index (χ0v) is 23.4. The molecule has 0 spiro atoms. The SMILES string of the molecule is C=CCn1c(SCC(=O)Nc2scc(-c3ccccc3)c2C(=O)OCC)nnc1-c1ccc(OC)c(OC)c1. The van der Waals surface area contributed by atoms with Crippen LogP contribution in [0.15, 0.2) is 71.7 Å². The van der Waals surface area contributed by atoms with Gasteiger partial charge in [-0.3, -0.25) is 9.36 Å². The van der Waals surface area contributed by atoms with Gasteiger partial charge in [-0.2, -0.15) is 0 Å². The molecule has 1 amide bonds. The number of amides is 1. The van der Waals surface area contributed by atoms with E-state index in [0.29, 0.717) is 45.2 Å². The molecule has 1 N–H and O–H groups in total. The lowest BCUT2D eigenvalue weighted by atomic mass is 10.0. The number of nitrogens with zero attached hydrogens (tertiary/aromatic N) is 3. The summed E-state index contributed by atoms with van der Waals surface area (Å²) in [6, 6.07) is 15.0. The predicted octanol–water partition coefficient (Wildman–Crippen LogP) is 5.78. The van der Waals surface area contributed by atoms with Gasteiger partial charge in [0, 0.05) is 23.1 Å². The third kappa shape index (κ3) is 6.32. The quantitative estimate of drug-likeness (QED) is 0.131. The first-order valence-corrected chi connectivity index (χ1v) is 13.9. The van der Waals surface area contributed by atoms with Crippen LogP contribution in [0, 0.1) is 0 Å². The van der Waals surface area contributed by atoms with Crippen molar-refractivity contribution >= 4 is 40.0 Å². The lowest BCUT2D eigenvalue weighted by Crippen LogP contribution is -2.17. The zero-order chi connectivity index (χ0) is 27.8. The van der Waals surface area contributed by atoms with Crippen LogP contribution < -0.4 is 14.8 Å². The standard InChI is InChI=1S/C28H28N4O5S2/c1-5-14-32-25(19-12-13-21(35-3)22(15-19)36-4)30-31-28(32)39-17-23(33)29-26-24(27(34)37-6-2)20(16-38-26)18-10-8-7-9-11-18/h5,7-13,15-16H,1,6,14,17H2,2-4H3,(H,29,33). The van der Waals surface area contributed by atoms with Crippen molar-refractivity contribution in [2.75, 3.05) is 31.9 Å². The number of ether oxygens (including phenoxy) is 3. The largest absolute Gasteiger partial charge is 0.493 e. The maximum Gasteiger partial charge on any atom is 0.341 e. The van der Waals surface area contributed by atoms with Gasteiger partial charge in [0.05, 0.1) is 26.6 Å². The van der Waals surface area contributed by atoms with Crippen molar-refractivity contribution in [3.05, 3.63) is 72.1 Å². The second kappa shape index (κ2) is 13.1. The van der Waals surface area contributed by atoms with E-state index in [2.05, 4.69) is 22.1 Å². The smallest absolute Gasteiger partial charge is 0.341 e. The molecule has 9 nitrogen and oxygen atoms in total. The summed E-state index contributed by atoms with van der Waals surface area (Å²) < 4.78 is 17.9. The van der Waals surface area contributed by atoms with Crippen molar-refractivity contribution in [2.45, 2.75) is 18.6 Å². The summed E-state index contributed by atoms with van der Waals surface area (Å²) in [5, 5.41) is 14.4. The summed E-state index contributed by atoms with van der Waals surface area (Å²) in [6.45, 7) is 6.26. The van der Waals surface area contributed by atoms with Gasteiger partial charge in [0.15, 0.2) is 22.5 Å². The Kier molecular flexibility index (Phi) is 9.40. The first kappa shape index (κ1) is 27.9. The first-order chi connectivity index (χ1) is 19.0. The molecular formula is C28H28N4O5S2. The first-order valence-electron chi connectivity index (χ1n) is 12.0. The fraction of sp³-hybridized carbons (Fsp3) is 0.214. The second-order valence-corrected chi connectivity index (χ2v) is 9.87. The Bertz CT molecular complexity index is 1470. The summed E-state index contributed by atoms with van der Waals surface area (Å²) in [5.74, 6) is 1.07. The molecule has 0 bridgehead atoms. The van der Waals surface area contributed by atoms with E-state index in [1.807, 2.05) is 52.4 Å². The molecule has 2 aromatic carbocycles. The van der Waals surface area contributed by atoms with E-state index in [0.717, 1.165) is 11.1 Å². The Hall–Kier alpha value is -4.09. The molecule has 0 saturated heterocycles. The Morgan fingerprint density at radius 1 is 1.08 bits per heavy atom. The minimum Gasteiger partial charge on any atom is -0.493 e. The Balaban J connectivity index is 1.53. The van der Waals surface area contributed by atoms with Crippen molar-refractivity contribution in [2.24, 2.45) is 0 Å². The van der Waals surface area contributed by atoms with Gasteiger partial charge in [-0.25, -0.2) is 4.79 Å². The normalized spacial score (nSPS) is 10.6. The van der Waals surface area contributed by atoms with E-state index in [4.69, 9.17) is 14.2 Å². The van der Waals surface area contributed by atoms with Crippen LogP contribution in [0.3, 0.4) is 0 Å². The number of thioether (sulfide) groups is 1. The van der Waals surface area contributed by atoms with Crippen molar-refractivity contribution in [3.63, 3.8) is 0 Å². The number of hydrogen-bond acceptors (Lipinski definition) is 9. The molecule has 4 rings (SSSR count). The number of aromatic nitrogens is 3. The van der Waals surface area contributed by atoms with E-state index in [9.17, 15) is 9.59 Å². The van der Waals surface area contributed by atoms with Crippen molar-refractivity contribution < 1.29 is 23.8 Å². The van der Waals surface area contributed by atoms with Gasteiger partial charge in [0.25, 0.3) is 0 Å². The van der Waals surface area contributed by atoms with Gasteiger partial charge in [-0.1, -0.05) is 48.2 Å². The highest BCUT2D eigenvalue weighted by molar-refractivity contribution is 7.99. The molecule has 2 aromatic heterocycles. The molecule has 0 radical (unpaired) electrons. The second-order valence-electron chi connectivity index (χ2n) is 8.05. The number of benzene rings is 2. The molecule has 0 unspecified atom stereocenters. The van der Waals surface area contributed by atoms with Gasteiger partial charge in [-0.15, -0.1) is 28.1 Å². The van der Waals surface area contributed by atoms with Crippen LogP contribution in [-0.2, 0) is 16.1 Å². The minimum absolute atomic E-state index is 0.0576. The van der Waals surface area contributed by atoms with Crippen LogP contribution in [0.1, 0.15) is 17.3 Å². The highest BCUT2D eigenvalue weighted by atomic mass is 32.2. The summed E-state index contributed by atoms with van der Waals surface area (Å²) >= 11 is 2.52. The summed E-state index contributed by atoms with van der Waals surface area (Å²) in [7, 11) is 3.14. The summed E-state index contributed by atoms with van der Waals surface area (Å²) in [5.41, 5.74) is 2.71. The molecule has 202 valence electrons. The number of carbonyl (C=O) groups excluding carboxylic acids is 2.